The highest BCUT2D eigenvalue weighted by molar-refractivity contribution is 7.22. The first-order valence-corrected chi connectivity index (χ1v) is 34.5. The van der Waals surface area contributed by atoms with Crippen LogP contribution >= 0.6 is 11.3 Å². The summed E-state index contributed by atoms with van der Waals surface area (Å²) in [4.78, 5) is 120. The predicted molar refractivity (Wildman–Crippen MR) is 376 cm³/mol. The molecule has 0 radical (unpaired) electrons. The first-order valence-electron chi connectivity index (χ1n) is 33.7. The Hall–Kier alpha value is -9.07. The second kappa shape index (κ2) is 30.4. The van der Waals surface area contributed by atoms with E-state index in [2.05, 4.69) is 45.4 Å². The van der Waals surface area contributed by atoms with Crippen molar-refractivity contribution in [2.24, 2.45) is 22.2 Å². The van der Waals surface area contributed by atoms with Gasteiger partial charge in [0, 0.05) is 119 Å². The first kappa shape index (κ1) is 71.7. The number of para-hydroxylation sites is 1. The van der Waals surface area contributed by atoms with Crippen molar-refractivity contribution in [2.45, 2.75) is 143 Å². The largest absolute Gasteiger partial charge is 0.476 e. The van der Waals surface area contributed by atoms with Gasteiger partial charge in [-0.3, -0.25) is 39.0 Å². The van der Waals surface area contributed by atoms with E-state index in [1.54, 1.807) is 64.4 Å². The van der Waals surface area contributed by atoms with Crippen molar-refractivity contribution >= 4 is 103 Å². The minimum absolute atomic E-state index is 0.0362. The van der Waals surface area contributed by atoms with E-state index in [9.17, 15) is 43.5 Å². The number of imide groups is 1. The van der Waals surface area contributed by atoms with Crippen LogP contribution in [0.3, 0.4) is 0 Å². The lowest BCUT2D eigenvalue weighted by Crippen LogP contribution is -2.65. The molecule has 98 heavy (non-hydrogen) atoms. The number of carboxylic acids is 1. The number of pyridine rings is 1. The Morgan fingerprint density at radius 1 is 0.816 bits per heavy atom. The van der Waals surface area contributed by atoms with E-state index in [0.717, 1.165) is 70.5 Å². The van der Waals surface area contributed by atoms with Gasteiger partial charge in [0.05, 0.1) is 29.0 Å². The van der Waals surface area contributed by atoms with E-state index in [4.69, 9.17) is 24.6 Å². The fourth-order valence-electron chi connectivity index (χ4n) is 15.9. The van der Waals surface area contributed by atoms with Crippen LogP contribution in [0.15, 0.2) is 90.6 Å². The fraction of sp³-hybridized carbons (Fsp3) is 0.493. The van der Waals surface area contributed by atoms with Crippen molar-refractivity contribution in [3.8, 4) is 0 Å². The molecular weight excluding hydrogens is 1270 g/mol. The van der Waals surface area contributed by atoms with Gasteiger partial charge in [0.25, 0.3) is 17.7 Å². The van der Waals surface area contributed by atoms with Gasteiger partial charge in [-0.15, -0.1) is 0 Å². The van der Waals surface area contributed by atoms with Gasteiger partial charge in [-0.2, -0.15) is 0 Å². The number of likely N-dealkylation sites (N-methyl/N-ethyl adjacent to an activating group) is 2. The van der Waals surface area contributed by atoms with Crippen molar-refractivity contribution in [1.29, 1.82) is 5.41 Å². The summed E-state index contributed by atoms with van der Waals surface area (Å²) in [5.41, 5.74) is 5.97. The molecule has 2 aromatic heterocycles. The second-order valence-corrected chi connectivity index (χ2v) is 29.5. The third-order valence-electron chi connectivity index (χ3n) is 19.7. The molecule has 7 N–H and O–H groups in total. The summed E-state index contributed by atoms with van der Waals surface area (Å²) >= 11 is 1.36. The van der Waals surface area contributed by atoms with Gasteiger partial charge < -0.3 is 60.7 Å². The third-order valence-corrected chi connectivity index (χ3v) is 20.7. The minimum atomic E-state index is -1.23. The molecule has 3 unspecified atom stereocenters. The monoisotopic (exact) mass is 1360 g/mol. The van der Waals surface area contributed by atoms with Gasteiger partial charge in [-0.05, 0) is 159 Å². The third kappa shape index (κ3) is 16.9. The molecule has 25 heteroatoms. The number of nitrogens with zero attached hydrogens (tertiary/aromatic N) is 6. The number of rotatable bonds is 31. The van der Waals surface area contributed by atoms with E-state index in [0.29, 0.717) is 103 Å². The zero-order chi connectivity index (χ0) is 70.3. The van der Waals surface area contributed by atoms with Crippen LogP contribution in [-0.4, -0.2) is 163 Å². The number of carbonyl (C=O) groups is 8. The van der Waals surface area contributed by atoms with Crippen molar-refractivity contribution < 1.29 is 57.7 Å². The molecular formula is C73H92N12O12S. The van der Waals surface area contributed by atoms with Crippen molar-refractivity contribution in [1.82, 2.24) is 35.7 Å². The average Bonchev–Trinajstić information content (AvgIpc) is 0.791. The molecule has 0 spiro atoms. The van der Waals surface area contributed by atoms with Crippen LogP contribution in [0, 0.1) is 27.6 Å². The highest BCUT2D eigenvalue weighted by Crippen LogP contribution is 2.71. The first-order chi connectivity index (χ1) is 46.7. The standard InChI is InChI=1S/C73H92N12O12S/c1-45(2)62(80-59(86)17-11-10-14-27-85-60(87)24-25-61(85)88)66(91)76-47(4)64(89)77-50-20-18-48(19-21-50)37-96-69(94)83(8)30-29-82(7)51-33-49-26-28-84(36-55(49)53(34-51)65(90)81-68-78-56-15-12-13-16-57(56)98-68)58-23-22-52(63(79-58)67(92)93)54(35-74)46(3)75-44-72-39-70(5)38-71(6,40-72)42-73(41-70,43-72)97-32-31-95-9/h12-13,15-16,18-25,33-35,45,47,62,74-75H,10-11,14,17,26-32,36-44H2,1-9H3,(H,76,91)(H,77,89)(H,80,86)(H,92,93)(H,78,81,90)/b54-46+,74-35?/t47-,62?,70?,71?,72?,73?/m0/s1. The maximum atomic E-state index is 14.6. The number of hydrogen-bond donors (Lipinski definition) is 7. The van der Waals surface area contributed by atoms with Crippen LogP contribution in [0.4, 0.5) is 27.1 Å². The van der Waals surface area contributed by atoms with Gasteiger partial charge in [-0.25, -0.2) is 19.6 Å². The SMILES string of the molecule is COCCOC12CC3(C)CC(C)(CC(CN/C(C)=C(\C=N)c4ccc(N5CCc6cc(N(C)CCN(C)C(=O)OCc7ccc(NC(=O)[C@H](C)NC(=O)C(NC(=O)CCCCCN8C(=O)C=CC8=O)C(C)C)cc7)cc(C(=O)Nc7nc8ccccc8s7)c6C5)nc4C(=O)O)(C3)C1)C2. The fourth-order valence-corrected chi connectivity index (χ4v) is 16.8. The quantitative estimate of drug-likeness (QED) is 0.0123. The number of benzene rings is 3. The number of nitrogens with one attached hydrogen (secondary N) is 6. The van der Waals surface area contributed by atoms with Gasteiger partial charge >= 0.3 is 12.1 Å². The molecule has 4 atom stereocenters. The summed E-state index contributed by atoms with van der Waals surface area (Å²) in [5, 5.41) is 34.8. The van der Waals surface area contributed by atoms with Crippen molar-refractivity contribution in [3.05, 3.63) is 124 Å². The van der Waals surface area contributed by atoms with Crippen LogP contribution < -0.4 is 36.4 Å². The van der Waals surface area contributed by atoms with Gasteiger partial charge in [0.1, 0.15) is 24.5 Å². The highest BCUT2D eigenvalue weighted by atomic mass is 32.1. The van der Waals surface area contributed by atoms with Gasteiger partial charge in [0.2, 0.25) is 17.7 Å². The Balaban J connectivity index is 0.743. The molecule has 3 aromatic carbocycles. The molecule has 2 aliphatic heterocycles. The minimum Gasteiger partial charge on any atom is -0.476 e. The zero-order valence-electron chi connectivity index (χ0n) is 57.6. The molecule has 6 aliphatic rings. The second-order valence-electron chi connectivity index (χ2n) is 28.4. The maximum absolute atomic E-state index is 14.6. The van der Waals surface area contributed by atoms with E-state index < -0.39 is 36.0 Å². The van der Waals surface area contributed by atoms with Crippen LogP contribution in [-0.2, 0) is 57.8 Å². The van der Waals surface area contributed by atoms with E-state index >= 15 is 0 Å². The highest BCUT2D eigenvalue weighted by Gasteiger charge is 2.66. The summed E-state index contributed by atoms with van der Waals surface area (Å²) in [6.07, 6.45) is 11.7. The number of thiazole rings is 1. The van der Waals surface area contributed by atoms with Crippen LogP contribution in [0.25, 0.3) is 15.8 Å². The number of fused-ring (bicyclic) bond motifs is 2. The summed E-state index contributed by atoms with van der Waals surface area (Å²) in [6.45, 7) is 15.1. The lowest BCUT2D eigenvalue weighted by molar-refractivity contribution is -0.245. The molecule has 4 aliphatic carbocycles. The molecule has 4 heterocycles. The predicted octanol–water partition coefficient (Wildman–Crippen LogP) is 9.73. The summed E-state index contributed by atoms with van der Waals surface area (Å²) in [6, 6.07) is 19.9. The molecule has 24 nitrogen and oxygen atoms in total. The van der Waals surface area contributed by atoms with Crippen LogP contribution in [0.2, 0.25) is 0 Å². The number of anilines is 4. The topological polar surface area (TPSA) is 307 Å². The van der Waals surface area contributed by atoms with Crippen molar-refractivity contribution in [3.63, 3.8) is 0 Å². The van der Waals surface area contributed by atoms with E-state index in [1.165, 1.54) is 41.5 Å². The average molecular weight is 1360 g/mol. The molecule has 4 fully saturated rings. The Labute approximate surface area is 576 Å². The summed E-state index contributed by atoms with van der Waals surface area (Å²) in [5.74, 6) is -3.48. The number of methoxy groups -OCH3 is 1. The molecule has 5 aromatic rings. The molecule has 4 bridgehead atoms. The molecule has 11 rings (SSSR count). The molecule has 522 valence electrons. The number of aromatic nitrogens is 2. The van der Waals surface area contributed by atoms with E-state index in [1.807, 2.05) is 60.2 Å². The lowest BCUT2D eigenvalue weighted by Gasteiger charge is -2.69. The number of allylic oxidation sites excluding steroid dienone is 2. The maximum Gasteiger partial charge on any atom is 0.409 e. The number of aromatic carboxylic acids is 1. The normalized spacial score (nSPS) is 21.5. The van der Waals surface area contributed by atoms with Crippen LogP contribution in [0.5, 0.6) is 0 Å². The molecule has 0 saturated heterocycles. The number of hydrogen-bond acceptors (Lipinski definition) is 18. The number of carbonyl (C=O) groups excluding carboxylic acids is 7. The number of ether oxygens (including phenoxy) is 3. The summed E-state index contributed by atoms with van der Waals surface area (Å²) < 4.78 is 18.7. The van der Waals surface area contributed by atoms with Gasteiger partial charge in [-0.1, -0.05) is 69.7 Å². The number of carboxylic acid groups (broad SMARTS) is 1. The van der Waals surface area contributed by atoms with Crippen LogP contribution in [0.1, 0.15) is 149 Å². The smallest absolute Gasteiger partial charge is 0.409 e. The Bertz CT molecular complexity index is 3870. The number of unbranched alkanes of at least 4 members (excludes halogenated alkanes) is 2. The van der Waals surface area contributed by atoms with E-state index in [-0.39, 0.29) is 89.7 Å². The Morgan fingerprint density at radius 3 is 2.22 bits per heavy atom. The molecule has 7 amide bonds. The lowest BCUT2D eigenvalue weighted by atomic mass is 9.39. The summed E-state index contributed by atoms with van der Waals surface area (Å²) in [7, 11) is 5.21. The molecule has 4 saturated carbocycles. The zero-order valence-corrected chi connectivity index (χ0v) is 58.4. The Kier molecular flexibility index (Phi) is 22.2. The Morgan fingerprint density at radius 2 is 1.54 bits per heavy atom. The number of amides is 7. The van der Waals surface area contributed by atoms with Gasteiger partial charge in [0.15, 0.2) is 10.8 Å². The van der Waals surface area contributed by atoms with Crippen molar-refractivity contribution in [2.75, 3.05) is 87.6 Å².